The molecule has 1 fully saturated rings. The molecule has 0 bridgehead atoms. The first-order chi connectivity index (χ1) is 9.61. The molecular weight excluding hydrogens is 281 g/mol. The first-order valence-electron chi connectivity index (χ1n) is 6.96. The van der Waals surface area contributed by atoms with E-state index in [-0.39, 0.29) is 17.8 Å². The number of carbonyl (C=O) groups is 1. The van der Waals surface area contributed by atoms with Gasteiger partial charge in [-0.2, -0.15) is 0 Å². The van der Waals surface area contributed by atoms with Crippen LogP contribution in [-0.4, -0.2) is 30.1 Å². The molecule has 1 unspecified atom stereocenters. The quantitative estimate of drug-likeness (QED) is 0.798. The van der Waals surface area contributed by atoms with Crippen LogP contribution in [0.5, 0.6) is 0 Å². The predicted octanol–water partition coefficient (Wildman–Crippen LogP) is 3.40. The number of halogens is 2. The van der Waals surface area contributed by atoms with Gasteiger partial charge in [-0.15, -0.1) is 0 Å². The fraction of sp³-hybridized carbons (Fsp3) is 0.533. The summed E-state index contributed by atoms with van der Waals surface area (Å²) in [6, 6.07) is 4.39. The average molecular weight is 300 g/mol. The first-order valence-corrected chi connectivity index (χ1v) is 7.34. The summed E-state index contributed by atoms with van der Waals surface area (Å²) in [6.07, 6.45) is 2.79. The van der Waals surface area contributed by atoms with Crippen LogP contribution in [0.4, 0.5) is 4.39 Å². The fourth-order valence-corrected chi connectivity index (χ4v) is 2.71. The molecule has 5 heteroatoms. The maximum atomic E-state index is 13.9. The summed E-state index contributed by atoms with van der Waals surface area (Å²) in [5.41, 5.74) is 0.561. The van der Waals surface area contributed by atoms with E-state index in [1.807, 2.05) is 4.90 Å². The lowest BCUT2D eigenvalue weighted by atomic mass is 10.0. The molecule has 2 rings (SSSR count). The van der Waals surface area contributed by atoms with Crippen LogP contribution in [-0.2, 0) is 16.1 Å². The lowest BCUT2D eigenvalue weighted by Crippen LogP contribution is -2.45. The Morgan fingerprint density at radius 1 is 1.50 bits per heavy atom. The molecule has 110 valence electrons. The molecular formula is C15H19ClFNO2. The number of esters is 1. The number of ether oxygens (including phenoxy) is 1. The van der Waals surface area contributed by atoms with Gasteiger partial charge in [0.15, 0.2) is 0 Å². The van der Waals surface area contributed by atoms with Gasteiger partial charge >= 0.3 is 5.97 Å². The minimum atomic E-state index is -0.328. The standard InChI is InChI=1S/C15H19ClFNO2/c1-2-20-15(19)14-5-3-4-8-18(14)10-11-6-7-12(16)9-13(11)17/h6-7,9,14H,2-5,8,10H2,1H3. The Morgan fingerprint density at radius 3 is 3.00 bits per heavy atom. The second kappa shape index (κ2) is 7.04. The number of benzene rings is 1. The lowest BCUT2D eigenvalue weighted by Gasteiger charge is -2.34. The topological polar surface area (TPSA) is 29.5 Å². The molecule has 1 heterocycles. The van der Waals surface area contributed by atoms with Crippen LogP contribution in [0.25, 0.3) is 0 Å². The van der Waals surface area contributed by atoms with E-state index in [1.54, 1.807) is 19.1 Å². The van der Waals surface area contributed by atoms with Crippen molar-refractivity contribution in [3.63, 3.8) is 0 Å². The fourth-order valence-electron chi connectivity index (χ4n) is 2.55. The number of rotatable bonds is 4. The zero-order valence-corrected chi connectivity index (χ0v) is 12.3. The molecule has 0 aromatic heterocycles. The molecule has 1 atom stereocenters. The van der Waals surface area contributed by atoms with Gasteiger partial charge in [0.25, 0.3) is 0 Å². The third-order valence-corrected chi connectivity index (χ3v) is 3.80. The molecule has 0 aliphatic carbocycles. The van der Waals surface area contributed by atoms with Crippen molar-refractivity contribution in [2.24, 2.45) is 0 Å². The second-order valence-electron chi connectivity index (χ2n) is 4.97. The number of piperidine rings is 1. The molecule has 0 N–H and O–H groups in total. The molecule has 1 aliphatic heterocycles. The monoisotopic (exact) mass is 299 g/mol. The van der Waals surface area contributed by atoms with Crippen LogP contribution in [0.3, 0.4) is 0 Å². The Balaban J connectivity index is 2.10. The summed E-state index contributed by atoms with van der Waals surface area (Å²) in [5, 5.41) is 0.381. The molecule has 1 aromatic rings. The molecule has 0 saturated carbocycles. The lowest BCUT2D eigenvalue weighted by molar-refractivity contribution is -0.151. The van der Waals surface area contributed by atoms with E-state index in [0.29, 0.717) is 23.7 Å². The van der Waals surface area contributed by atoms with Crippen LogP contribution in [0.2, 0.25) is 5.02 Å². The third-order valence-electron chi connectivity index (χ3n) is 3.56. The highest BCUT2D eigenvalue weighted by Crippen LogP contribution is 2.23. The molecule has 1 saturated heterocycles. The zero-order valence-electron chi connectivity index (χ0n) is 11.6. The summed E-state index contributed by atoms with van der Waals surface area (Å²) < 4.78 is 19.0. The van der Waals surface area contributed by atoms with Gasteiger partial charge in [-0.1, -0.05) is 24.1 Å². The molecule has 20 heavy (non-hydrogen) atoms. The van der Waals surface area contributed by atoms with Crippen molar-refractivity contribution in [3.8, 4) is 0 Å². The van der Waals surface area contributed by atoms with Crippen molar-refractivity contribution in [2.75, 3.05) is 13.2 Å². The van der Waals surface area contributed by atoms with Crippen molar-refractivity contribution in [1.82, 2.24) is 4.90 Å². The van der Waals surface area contributed by atoms with Crippen LogP contribution >= 0.6 is 11.6 Å². The van der Waals surface area contributed by atoms with Crippen LogP contribution < -0.4 is 0 Å². The van der Waals surface area contributed by atoms with E-state index in [4.69, 9.17) is 16.3 Å². The van der Waals surface area contributed by atoms with Crippen molar-refractivity contribution < 1.29 is 13.9 Å². The molecule has 0 radical (unpaired) electrons. The molecule has 3 nitrogen and oxygen atoms in total. The highest BCUT2D eigenvalue weighted by atomic mass is 35.5. The first kappa shape index (κ1) is 15.3. The van der Waals surface area contributed by atoms with Gasteiger partial charge in [0.1, 0.15) is 11.9 Å². The van der Waals surface area contributed by atoms with E-state index in [0.717, 1.165) is 25.8 Å². The zero-order chi connectivity index (χ0) is 14.5. The summed E-state index contributed by atoms with van der Waals surface area (Å²) in [6.45, 7) is 3.36. The Kier molecular flexibility index (Phi) is 5.38. The van der Waals surface area contributed by atoms with Gasteiger partial charge in [-0.25, -0.2) is 4.39 Å². The minimum absolute atomic E-state index is 0.207. The minimum Gasteiger partial charge on any atom is -0.465 e. The number of hydrogen-bond acceptors (Lipinski definition) is 3. The molecule has 1 aromatic carbocycles. The van der Waals surface area contributed by atoms with Crippen molar-refractivity contribution >= 4 is 17.6 Å². The highest BCUT2D eigenvalue weighted by molar-refractivity contribution is 6.30. The number of nitrogens with zero attached hydrogens (tertiary/aromatic N) is 1. The summed E-state index contributed by atoms with van der Waals surface area (Å²) in [4.78, 5) is 14.0. The van der Waals surface area contributed by atoms with Crippen molar-refractivity contribution in [3.05, 3.63) is 34.6 Å². The Hall–Kier alpha value is -1.13. The molecule has 0 spiro atoms. The number of likely N-dealkylation sites (tertiary alicyclic amines) is 1. The average Bonchev–Trinajstić information content (AvgIpc) is 2.43. The van der Waals surface area contributed by atoms with E-state index < -0.39 is 0 Å². The SMILES string of the molecule is CCOC(=O)C1CCCCN1Cc1ccc(Cl)cc1F. The summed E-state index contributed by atoms with van der Waals surface area (Å²) >= 11 is 5.75. The predicted molar refractivity (Wildman–Crippen MR) is 76.1 cm³/mol. The van der Waals surface area contributed by atoms with Gasteiger partial charge in [0.05, 0.1) is 6.61 Å². The van der Waals surface area contributed by atoms with E-state index in [2.05, 4.69) is 0 Å². The van der Waals surface area contributed by atoms with Gasteiger partial charge in [-0.05, 0) is 38.4 Å². The third kappa shape index (κ3) is 3.70. The Morgan fingerprint density at radius 2 is 2.30 bits per heavy atom. The smallest absolute Gasteiger partial charge is 0.323 e. The van der Waals surface area contributed by atoms with Gasteiger partial charge in [0, 0.05) is 17.1 Å². The number of carbonyl (C=O) groups excluding carboxylic acids is 1. The largest absolute Gasteiger partial charge is 0.465 e. The van der Waals surface area contributed by atoms with Crippen LogP contribution in [0.1, 0.15) is 31.7 Å². The normalized spacial score (nSPS) is 19.9. The van der Waals surface area contributed by atoms with Gasteiger partial charge < -0.3 is 4.74 Å². The maximum absolute atomic E-state index is 13.9. The highest BCUT2D eigenvalue weighted by Gasteiger charge is 2.30. The Labute approximate surface area is 123 Å². The number of hydrogen-bond donors (Lipinski definition) is 0. The van der Waals surface area contributed by atoms with Gasteiger partial charge in [0.2, 0.25) is 0 Å². The van der Waals surface area contributed by atoms with Crippen LogP contribution in [0, 0.1) is 5.82 Å². The second-order valence-corrected chi connectivity index (χ2v) is 5.41. The molecule has 1 aliphatic rings. The van der Waals surface area contributed by atoms with E-state index in [1.165, 1.54) is 6.07 Å². The maximum Gasteiger partial charge on any atom is 0.323 e. The Bertz CT molecular complexity index is 481. The summed E-state index contributed by atoms with van der Waals surface area (Å²) in [7, 11) is 0. The molecule has 0 amide bonds. The van der Waals surface area contributed by atoms with E-state index in [9.17, 15) is 9.18 Å². The van der Waals surface area contributed by atoms with Crippen molar-refractivity contribution in [2.45, 2.75) is 38.8 Å². The van der Waals surface area contributed by atoms with Crippen LogP contribution in [0.15, 0.2) is 18.2 Å². The van der Waals surface area contributed by atoms with E-state index >= 15 is 0 Å². The van der Waals surface area contributed by atoms with Gasteiger partial charge in [-0.3, -0.25) is 9.69 Å². The van der Waals surface area contributed by atoms with Crippen molar-refractivity contribution in [1.29, 1.82) is 0 Å². The summed E-state index contributed by atoms with van der Waals surface area (Å²) in [5.74, 6) is -0.535.